The lowest BCUT2D eigenvalue weighted by molar-refractivity contribution is 0.111. The molecular weight excluding hydrogens is 358 g/mol. The molecule has 2 heterocycles. The fourth-order valence-corrected chi connectivity index (χ4v) is 3.64. The second kappa shape index (κ2) is 7.59. The van der Waals surface area contributed by atoms with Crippen LogP contribution in [0.4, 0.5) is 0 Å². The third-order valence-electron chi connectivity index (χ3n) is 5.17. The van der Waals surface area contributed by atoms with Crippen molar-refractivity contribution in [2.75, 3.05) is 0 Å². The van der Waals surface area contributed by atoms with Gasteiger partial charge in [-0.15, -0.1) is 0 Å². The predicted molar refractivity (Wildman–Crippen MR) is 118 cm³/mol. The number of fused-ring (bicyclic) bond motifs is 1. The van der Waals surface area contributed by atoms with E-state index in [1.165, 1.54) is 0 Å². The molecule has 3 heteroatoms. The van der Waals surface area contributed by atoms with E-state index in [0.717, 1.165) is 39.8 Å². The van der Waals surface area contributed by atoms with Gasteiger partial charge in [-0.05, 0) is 46.9 Å². The Hall–Kier alpha value is -3.33. The minimum atomic E-state index is -0.0947. The molecule has 2 aromatic carbocycles. The van der Waals surface area contributed by atoms with Gasteiger partial charge in [0.15, 0.2) is 6.29 Å². The van der Waals surface area contributed by atoms with Crippen LogP contribution in [0.25, 0.3) is 16.6 Å². The summed E-state index contributed by atoms with van der Waals surface area (Å²) in [5.74, 6) is 0.876. The van der Waals surface area contributed by atoms with Crippen LogP contribution in [0, 0.1) is 0 Å². The molecule has 0 N–H and O–H groups in total. The number of hydrogen-bond donors (Lipinski definition) is 0. The van der Waals surface area contributed by atoms with E-state index in [9.17, 15) is 4.79 Å². The van der Waals surface area contributed by atoms with Gasteiger partial charge in [0, 0.05) is 22.8 Å². The Morgan fingerprint density at radius 3 is 2.41 bits per heavy atom. The molecular formula is C26H25NO2. The second-order valence-electron chi connectivity index (χ2n) is 8.29. The van der Waals surface area contributed by atoms with Crippen molar-refractivity contribution >= 4 is 11.8 Å². The Labute approximate surface area is 171 Å². The molecule has 0 saturated carbocycles. The van der Waals surface area contributed by atoms with Crippen molar-refractivity contribution in [2.24, 2.45) is 0 Å². The SMILES string of the molecule is CC(C)(C)c1cc(-c2cc3ccccn3c2C=O)ccc1OCc1ccccc1. The van der Waals surface area contributed by atoms with E-state index in [1.807, 2.05) is 59.1 Å². The van der Waals surface area contributed by atoms with E-state index in [0.29, 0.717) is 12.3 Å². The Balaban J connectivity index is 1.76. The van der Waals surface area contributed by atoms with Crippen LogP contribution in [0.5, 0.6) is 5.75 Å². The lowest BCUT2D eigenvalue weighted by Gasteiger charge is -2.24. The zero-order valence-corrected chi connectivity index (χ0v) is 17.1. The van der Waals surface area contributed by atoms with Gasteiger partial charge in [-0.1, -0.05) is 63.2 Å². The van der Waals surface area contributed by atoms with Crippen molar-refractivity contribution in [3.05, 3.63) is 95.8 Å². The number of pyridine rings is 1. The standard InChI is InChI=1S/C26H25NO2/c1-26(2,3)23-15-20(12-13-25(23)29-18-19-9-5-4-6-10-19)22-16-21-11-7-8-14-27(21)24(22)17-28/h4-17H,18H2,1-3H3. The first-order valence-electron chi connectivity index (χ1n) is 9.84. The van der Waals surface area contributed by atoms with Gasteiger partial charge in [0.2, 0.25) is 0 Å². The van der Waals surface area contributed by atoms with Gasteiger partial charge in [-0.3, -0.25) is 4.79 Å². The minimum Gasteiger partial charge on any atom is -0.489 e. The third kappa shape index (κ3) is 3.81. The van der Waals surface area contributed by atoms with Gasteiger partial charge in [-0.2, -0.15) is 0 Å². The summed E-state index contributed by atoms with van der Waals surface area (Å²) in [5.41, 5.74) is 5.79. The van der Waals surface area contributed by atoms with Crippen molar-refractivity contribution in [1.82, 2.24) is 4.40 Å². The highest BCUT2D eigenvalue weighted by Crippen LogP contribution is 2.37. The van der Waals surface area contributed by atoms with Crippen molar-refractivity contribution in [3.63, 3.8) is 0 Å². The van der Waals surface area contributed by atoms with Gasteiger partial charge in [-0.25, -0.2) is 0 Å². The van der Waals surface area contributed by atoms with E-state index in [2.05, 4.69) is 45.0 Å². The fraction of sp³-hybridized carbons (Fsp3) is 0.192. The number of benzene rings is 2. The van der Waals surface area contributed by atoms with Crippen LogP contribution in [0.15, 0.2) is 79.0 Å². The van der Waals surface area contributed by atoms with Gasteiger partial charge in [0.1, 0.15) is 12.4 Å². The monoisotopic (exact) mass is 383 g/mol. The molecule has 0 aliphatic carbocycles. The summed E-state index contributed by atoms with van der Waals surface area (Å²) >= 11 is 0. The second-order valence-corrected chi connectivity index (χ2v) is 8.29. The molecule has 3 nitrogen and oxygen atoms in total. The quantitative estimate of drug-likeness (QED) is 0.379. The molecule has 0 unspecified atom stereocenters. The molecule has 0 spiro atoms. The normalized spacial score (nSPS) is 11.6. The average Bonchev–Trinajstić information content (AvgIpc) is 3.11. The van der Waals surface area contributed by atoms with Crippen molar-refractivity contribution in [3.8, 4) is 16.9 Å². The zero-order chi connectivity index (χ0) is 20.4. The maximum Gasteiger partial charge on any atom is 0.167 e. The first-order chi connectivity index (χ1) is 14.0. The third-order valence-corrected chi connectivity index (χ3v) is 5.17. The van der Waals surface area contributed by atoms with E-state index in [-0.39, 0.29) is 5.41 Å². The Morgan fingerprint density at radius 2 is 1.69 bits per heavy atom. The molecule has 0 atom stereocenters. The molecule has 29 heavy (non-hydrogen) atoms. The highest BCUT2D eigenvalue weighted by atomic mass is 16.5. The molecule has 0 aliphatic heterocycles. The molecule has 0 bridgehead atoms. The summed E-state index contributed by atoms with van der Waals surface area (Å²) in [5, 5.41) is 0. The molecule has 4 rings (SSSR count). The summed E-state index contributed by atoms with van der Waals surface area (Å²) in [6, 6.07) is 24.4. The Kier molecular flexibility index (Phi) is 4.98. The summed E-state index contributed by atoms with van der Waals surface area (Å²) in [7, 11) is 0. The first-order valence-corrected chi connectivity index (χ1v) is 9.84. The van der Waals surface area contributed by atoms with Crippen LogP contribution >= 0.6 is 0 Å². The van der Waals surface area contributed by atoms with Crippen LogP contribution in [-0.2, 0) is 12.0 Å². The summed E-state index contributed by atoms with van der Waals surface area (Å²) in [6.45, 7) is 7.06. The maximum atomic E-state index is 11.8. The number of carbonyl (C=O) groups excluding carboxylic acids is 1. The van der Waals surface area contributed by atoms with Gasteiger partial charge >= 0.3 is 0 Å². The molecule has 0 fully saturated rings. The van der Waals surface area contributed by atoms with Gasteiger partial charge in [0.25, 0.3) is 0 Å². The summed E-state index contributed by atoms with van der Waals surface area (Å²) < 4.78 is 8.11. The zero-order valence-electron chi connectivity index (χ0n) is 17.1. The Morgan fingerprint density at radius 1 is 0.931 bits per heavy atom. The van der Waals surface area contributed by atoms with Crippen molar-refractivity contribution in [1.29, 1.82) is 0 Å². The average molecular weight is 383 g/mol. The van der Waals surface area contributed by atoms with E-state index in [1.54, 1.807) is 0 Å². The molecule has 146 valence electrons. The molecule has 0 aliphatic rings. The van der Waals surface area contributed by atoms with Crippen LogP contribution in [0.2, 0.25) is 0 Å². The van der Waals surface area contributed by atoms with E-state index < -0.39 is 0 Å². The van der Waals surface area contributed by atoms with E-state index in [4.69, 9.17) is 4.74 Å². The molecule has 0 amide bonds. The number of rotatable bonds is 5. The first kappa shape index (κ1) is 19.0. The number of aldehydes is 1. The van der Waals surface area contributed by atoms with Crippen LogP contribution in [0.1, 0.15) is 42.4 Å². The number of ether oxygens (including phenoxy) is 1. The van der Waals surface area contributed by atoms with Crippen LogP contribution in [0.3, 0.4) is 0 Å². The Bertz CT molecular complexity index is 1150. The predicted octanol–water partition coefficient (Wildman–Crippen LogP) is 6.30. The summed E-state index contributed by atoms with van der Waals surface area (Å²) in [6.07, 6.45) is 2.85. The molecule has 2 aromatic heterocycles. The van der Waals surface area contributed by atoms with Gasteiger partial charge in [0.05, 0.1) is 5.69 Å². The highest BCUT2D eigenvalue weighted by molar-refractivity contribution is 5.90. The maximum absolute atomic E-state index is 11.8. The summed E-state index contributed by atoms with van der Waals surface area (Å²) in [4.78, 5) is 11.8. The smallest absolute Gasteiger partial charge is 0.167 e. The largest absolute Gasteiger partial charge is 0.489 e. The van der Waals surface area contributed by atoms with Crippen LogP contribution < -0.4 is 4.74 Å². The lowest BCUT2D eigenvalue weighted by atomic mass is 9.84. The number of hydrogen-bond acceptors (Lipinski definition) is 2. The van der Waals surface area contributed by atoms with Crippen molar-refractivity contribution < 1.29 is 9.53 Å². The molecule has 4 aromatic rings. The highest BCUT2D eigenvalue weighted by Gasteiger charge is 2.21. The number of carbonyl (C=O) groups is 1. The molecule has 0 radical (unpaired) electrons. The topological polar surface area (TPSA) is 30.7 Å². The lowest BCUT2D eigenvalue weighted by Crippen LogP contribution is -2.13. The van der Waals surface area contributed by atoms with E-state index >= 15 is 0 Å². The minimum absolute atomic E-state index is 0.0947. The van der Waals surface area contributed by atoms with Crippen molar-refractivity contribution in [2.45, 2.75) is 32.8 Å². The van der Waals surface area contributed by atoms with Crippen LogP contribution in [-0.4, -0.2) is 10.7 Å². The number of nitrogens with zero attached hydrogens (tertiary/aromatic N) is 1. The van der Waals surface area contributed by atoms with Gasteiger partial charge < -0.3 is 9.14 Å². The molecule has 0 saturated heterocycles. The number of aromatic nitrogens is 1. The fourth-order valence-electron chi connectivity index (χ4n) is 3.64.